The molecular formula is C18H18ClN3O2S. The van der Waals surface area contributed by atoms with Crippen molar-refractivity contribution in [3.8, 4) is 5.69 Å². The van der Waals surface area contributed by atoms with Crippen LogP contribution in [0.1, 0.15) is 11.1 Å². The largest absolute Gasteiger partial charge is 0.242 e. The Bertz CT molecular complexity index is 969. The molecule has 1 heterocycles. The van der Waals surface area contributed by atoms with Gasteiger partial charge in [0.2, 0.25) is 10.0 Å². The van der Waals surface area contributed by atoms with E-state index in [1.54, 1.807) is 23.0 Å². The van der Waals surface area contributed by atoms with E-state index in [2.05, 4.69) is 9.82 Å². The maximum Gasteiger partial charge on any atom is 0.242 e. The number of para-hydroxylation sites is 1. The summed E-state index contributed by atoms with van der Waals surface area (Å²) in [5, 5.41) is 4.53. The normalized spacial score (nSPS) is 11.6. The van der Waals surface area contributed by atoms with Gasteiger partial charge in [-0.1, -0.05) is 35.9 Å². The van der Waals surface area contributed by atoms with Gasteiger partial charge in [-0.15, -0.1) is 0 Å². The van der Waals surface area contributed by atoms with Gasteiger partial charge in [0.25, 0.3) is 0 Å². The van der Waals surface area contributed by atoms with Crippen molar-refractivity contribution in [1.82, 2.24) is 14.5 Å². The molecular weight excluding hydrogens is 358 g/mol. The summed E-state index contributed by atoms with van der Waals surface area (Å²) < 4.78 is 29.1. The van der Waals surface area contributed by atoms with Crippen molar-refractivity contribution in [1.29, 1.82) is 0 Å². The molecule has 7 heteroatoms. The zero-order chi connectivity index (χ0) is 17.9. The van der Waals surface area contributed by atoms with E-state index in [4.69, 9.17) is 11.6 Å². The fourth-order valence-corrected chi connectivity index (χ4v) is 4.07. The predicted octanol–water partition coefficient (Wildman–Crippen LogP) is 3.36. The molecule has 5 nitrogen and oxygen atoms in total. The van der Waals surface area contributed by atoms with Gasteiger partial charge in [0.1, 0.15) is 4.90 Å². The van der Waals surface area contributed by atoms with Crippen molar-refractivity contribution in [3.05, 3.63) is 77.1 Å². The maximum atomic E-state index is 12.4. The van der Waals surface area contributed by atoms with Crippen LogP contribution >= 0.6 is 11.6 Å². The Morgan fingerprint density at radius 2 is 1.92 bits per heavy atom. The predicted molar refractivity (Wildman–Crippen MR) is 98.6 cm³/mol. The molecule has 0 radical (unpaired) electrons. The van der Waals surface area contributed by atoms with Crippen LogP contribution in [-0.4, -0.2) is 24.7 Å². The molecule has 0 atom stereocenters. The highest BCUT2D eigenvalue weighted by atomic mass is 35.5. The standard InChI is InChI=1S/C18H18ClN3O2S/c1-14-7-8-18(17(19)11-14)25(23,24)21-10-9-15-12-20-22(13-15)16-5-3-2-4-6-16/h2-8,11-13,21H,9-10H2,1H3. The van der Waals surface area contributed by atoms with Crippen LogP contribution < -0.4 is 4.72 Å². The van der Waals surface area contributed by atoms with Crippen LogP contribution in [0.4, 0.5) is 0 Å². The van der Waals surface area contributed by atoms with Crippen LogP contribution in [0, 0.1) is 6.92 Å². The minimum Gasteiger partial charge on any atom is -0.241 e. The summed E-state index contributed by atoms with van der Waals surface area (Å²) in [5.74, 6) is 0. The Morgan fingerprint density at radius 3 is 2.64 bits per heavy atom. The minimum atomic E-state index is -3.63. The first-order valence-electron chi connectivity index (χ1n) is 7.80. The first-order chi connectivity index (χ1) is 12.0. The minimum absolute atomic E-state index is 0.0970. The second kappa shape index (κ2) is 7.39. The number of hydrogen-bond acceptors (Lipinski definition) is 3. The molecule has 1 aromatic heterocycles. The fourth-order valence-electron chi connectivity index (χ4n) is 2.44. The highest BCUT2D eigenvalue weighted by Gasteiger charge is 2.17. The van der Waals surface area contributed by atoms with Gasteiger partial charge >= 0.3 is 0 Å². The lowest BCUT2D eigenvalue weighted by Crippen LogP contribution is -2.26. The van der Waals surface area contributed by atoms with Crippen molar-refractivity contribution in [2.75, 3.05) is 6.54 Å². The quantitative estimate of drug-likeness (QED) is 0.718. The topological polar surface area (TPSA) is 64.0 Å². The van der Waals surface area contributed by atoms with E-state index in [-0.39, 0.29) is 16.5 Å². The van der Waals surface area contributed by atoms with E-state index in [1.165, 1.54) is 6.07 Å². The van der Waals surface area contributed by atoms with Crippen LogP contribution in [0.5, 0.6) is 0 Å². The molecule has 1 N–H and O–H groups in total. The van der Waals surface area contributed by atoms with Gasteiger partial charge in [-0.25, -0.2) is 17.8 Å². The van der Waals surface area contributed by atoms with E-state index >= 15 is 0 Å². The monoisotopic (exact) mass is 375 g/mol. The number of aryl methyl sites for hydroxylation is 1. The van der Waals surface area contributed by atoms with Crippen molar-refractivity contribution < 1.29 is 8.42 Å². The average Bonchev–Trinajstić information content (AvgIpc) is 3.04. The number of halogens is 1. The fraction of sp³-hybridized carbons (Fsp3) is 0.167. The molecule has 0 unspecified atom stereocenters. The average molecular weight is 376 g/mol. The van der Waals surface area contributed by atoms with Crippen molar-refractivity contribution in [2.24, 2.45) is 0 Å². The highest BCUT2D eigenvalue weighted by Crippen LogP contribution is 2.22. The van der Waals surface area contributed by atoms with Gasteiger partial charge < -0.3 is 0 Å². The second-order valence-electron chi connectivity index (χ2n) is 5.71. The zero-order valence-corrected chi connectivity index (χ0v) is 15.3. The summed E-state index contributed by atoms with van der Waals surface area (Å²) in [4.78, 5) is 0.0970. The van der Waals surface area contributed by atoms with Gasteiger partial charge in [-0.05, 0) is 48.7 Å². The first kappa shape index (κ1) is 17.7. The molecule has 0 saturated heterocycles. The van der Waals surface area contributed by atoms with Crippen molar-refractivity contribution >= 4 is 21.6 Å². The number of nitrogens with one attached hydrogen (secondary N) is 1. The van der Waals surface area contributed by atoms with Gasteiger partial charge in [0, 0.05) is 12.7 Å². The molecule has 0 amide bonds. The maximum absolute atomic E-state index is 12.4. The number of hydrogen-bond donors (Lipinski definition) is 1. The number of sulfonamides is 1. The van der Waals surface area contributed by atoms with Crippen LogP contribution in [0.15, 0.2) is 65.8 Å². The van der Waals surface area contributed by atoms with Crippen LogP contribution in [0.3, 0.4) is 0 Å². The molecule has 0 aliphatic carbocycles. The van der Waals surface area contributed by atoms with E-state index in [9.17, 15) is 8.42 Å². The van der Waals surface area contributed by atoms with E-state index in [0.717, 1.165) is 16.8 Å². The molecule has 0 aliphatic heterocycles. The Balaban J connectivity index is 1.64. The molecule has 0 fully saturated rings. The Kier molecular flexibility index (Phi) is 5.22. The number of aromatic nitrogens is 2. The summed E-state index contributed by atoms with van der Waals surface area (Å²) in [5.41, 5.74) is 2.82. The lowest BCUT2D eigenvalue weighted by Gasteiger charge is -2.08. The van der Waals surface area contributed by atoms with E-state index in [0.29, 0.717) is 6.42 Å². The highest BCUT2D eigenvalue weighted by molar-refractivity contribution is 7.89. The summed E-state index contributed by atoms with van der Waals surface area (Å²) >= 11 is 6.05. The third kappa shape index (κ3) is 4.28. The smallest absolute Gasteiger partial charge is 0.241 e. The Hall–Kier alpha value is -2.15. The van der Waals surface area contributed by atoms with Crippen LogP contribution in [-0.2, 0) is 16.4 Å². The third-order valence-electron chi connectivity index (χ3n) is 3.74. The molecule has 0 aliphatic rings. The van der Waals surface area contributed by atoms with Crippen LogP contribution in [0.25, 0.3) is 5.69 Å². The van der Waals surface area contributed by atoms with Gasteiger partial charge in [0.15, 0.2) is 0 Å². The van der Waals surface area contributed by atoms with Crippen molar-refractivity contribution in [2.45, 2.75) is 18.2 Å². The lowest BCUT2D eigenvalue weighted by atomic mass is 10.2. The zero-order valence-electron chi connectivity index (χ0n) is 13.7. The molecule has 0 spiro atoms. The van der Waals surface area contributed by atoms with E-state index < -0.39 is 10.0 Å². The molecule has 3 rings (SSSR count). The summed E-state index contributed by atoms with van der Waals surface area (Å²) in [7, 11) is -3.63. The second-order valence-corrected chi connectivity index (χ2v) is 7.85. The first-order valence-corrected chi connectivity index (χ1v) is 9.66. The lowest BCUT2D eigenvalue weighted by molar-refractivity contribution is 0.581. The Morgan fingerprint density at radius 1 is 1.16 bits per heavy atom. The van der Waals surface area contributed by atoms with Crippen molar-refractivity contribution in [3.63, 3.8) is 0 Å². The molecule has 0 saturated carbocycles. The molecule has 2 aromatic carbocycles. The van der Waals surface area contributed by atoms with Gasteiger partial charge in [-0.2, -0.15) is 5.10 Å². The number of nitrogens with zero attached hydrogens (tertiary/aromatic N) is 2. The Labute approximate surface area is 152 Å². The number of rotatable bonds is 6. The number of benzene rings is 2. The molecule has 130 valence electrons. The van der Waals surface area contributed by atoms with Crippen LogP contribution in [0.2, 0.25) is 5.02 Å². The summed E-state index contributed by atoms with van der Waals surface area (Å²) in [6, 6.07) is 14.6. The SMILES string of the molecule is Cc1ccc(S(=O)(=O)NCCc2cnn(-c3ccccc3)c2)c(Cl)c1. The summed E-state index contributed by atoms with van der Waals surface area (Å²) in [6.45, 7) is 2.13. The van der Waals surface area contributed by atoms with Gasteiger partial charge in [0.05, 0.1) is 16.9 Å². The van der Waals surface area contributed by atoms with E-state index in [1.807, 2.05) is 43.5 Å². The molecule has 3 aromatic rings. The summed E-state index contributed by atoms with van der Waals surface area (Å²) in [6.07, 6.45) is 4.16. The molecule has 25 heavy (non-hydrogen) atoms. The third-order valence-corrected chi connectivity index (χ3v) is 5.68. The van der Waals surface area contributed by atoms with Gasteiger partial charge in [-0.3, -0.25) is 0 Å². The molecule has 0 bridgehead atoms.